The van der Waals surface area contributed by atoms with Crippen molar-refractivity contribution in [2.45, 2.75) is 58.2 Å². The summed E-state index contributed by atoms with van der Waals surface area (Å²) in [7, 11) is 0. The van der Waals surface area contributed by atoms with Crippen LogP contribution in [-0.4, -0.2) is 17.3 Å². The molecule has 0 saturated carbocycles. The summed E-state index contributed by atoms with van der Waals surface area (Å²) in [5.41, 5.74) is 0. The number of benzene rings is 1. The van der Waals surface area contributed by atoms with Crippen molar-refractivity contribution in [1.82, 2.24) is 0 Å². The van der Waals surface area contributed by atoms with Crippen molar-refractivity contribution in [3.8, 4) is 5.75 Å². The average molecular weight is 271 g/mol. The molecule has 1 N–H and O–H groups in total. The number of rotatable bonds is 8. The summed E-state index contributed by atoms with van der Waals surface area (Å²) in [5, 5.41) is 10.6. The first-order valence-electron chi connectivity index (χ1n) is 6.73. The molecule has 18 heavy (non-hydrogen) atoms. The number of unbranched alkanes of at least 4 members (excludes halogenated alkanes) is 3. The lowest BCUT2D eigenvalue weighted by Gasteiger charge is -2.20. The molecule has 0 spiro atoms. The van der Waals surface area contributed by atoms with Crippen LogP contribution in [0.4, 0.5) is 0 Å². The van der Waals surface area contributed by atoms with Gasteiger partial charge in [-0.3, -0.25) is 0 Å². The van der Waals surface area contributed by atoms with Crippen LogP contribution in [0.15, 0.2) is 24.3 Å². The van der Waals surface area contributed by atoms with E-state index in [2.05, 4.69) is 6.92 Å². The third kappa shape index (κ3) is 5.74. The van der Waals surface area contributed by atoms with E-state index in [1.165, 1.54) is 19.3 Å². The van der Waals surface area contributed by atoms with E-state index in [0.717, 1.165) is 12.8 Å². The van der Waals surface area contributed by atoms with Gasteiger partial charge in [0, 0.05) is 5.02 Å². The molecule has 2 nitrogen and oxygen atoms in total. The number of ether oxygens (including phenoxy) is 1. The van der Waals surface area contributed by atoms with E-state index in [0.29, 0.717) is 10.8 Å². The van der Waals surface area contributed by atoms with Gasteiger partial charge in [-0.15, -0.1) is 0 Å². The van der Waals surface area contributed by atoms with Crippen molar-refractivity contribution in [2.75, 3.05) is 0 Å². The number of hydrogen-bond donors (Lipinski definition) is 1. The highest BCUT2D eigenvalue weighted by molar-refractivity contribution is 6.30. The van der Waals surface area contributed by atoms with Gasteiger partial charge in [0.25, 0.3) is 0 Å². The minimum Gasteiger partial charge on any atom is -0.488 e. The molecule has 2 unspecified atom stereocenters. The smallest absolute Gasteiger partial charge is 0.122 e. The highest BCUT2D eigenvalue weighted by atomic mass is 35.5. The quantitative estimate of drug-likeness (QED) is 0.708. The third-order valence-electron chi connectivity index (χ3n) is 3.01. The molecule has 1 aromatic rings. The minimum atomic E-state index is -0.416. The van der Waals surface area contributed by atoms with E-state index in [1.54, 1.807) is 12.1 Å². The Morgan fingerprint density at radius 1 is 1.28 bits per heavy atom. The predicted molar refractivity (Wildman–Crippen MR) is 76.3 cm³/mol. The summed E-state index contributed by atoms with van der Waals surface area (Å²) in [6.07, 6.45) is 4.85. The third-order valence-corrected chi connectivity index (χ3v) is 3.25. The lowest BCUT2D eigenvalue weighted by molar-refractivity contribution is 0.0400. The van der Waals surface area contributed by atoms with Crippen molar-refractivity contribution < 1.29 is 9.84 Å². The SMILES string of the molecule is CCCCCCC(O)C(C)Oc1cccc(Cl)c1. The Morgan fingerprint density at radius 3 is 2.72 bits per heavy atom. The van der Waals surface area contributed by atoms with Crippen molar-refractivity contribution in [2.24, 2.45) is 0 Å². The second kappa shape index (κ2) is 8.39. The summed E-state index contributed by atoms with van der Waals surface area (Å²) < 4.78 is 5.68. The van der Waals surface area contributed by atoms with E-state index in [4.69, 9.17) is 16.3 Å². The summed E-state index contributed by atoms with van der Waals surface area (Å²) in [6, 6.07) is 7.27. The molecule has 0 aliphatic heterocycles. The molecule has 0 heterocycles. The van der Waals surface area contributed by atoms with Crippen LogP contribution in [0.1, 0.15) is 46.0 Å². The second-order valence-electron chi connectivity index (χ2n) is 4.70. The zero-order valence-corrected chi connectivity index (χ0v) is 12.0. The fourth-order valence-electron chi connectivity index (χ4n) is 1.85. The van der Waals surface area contributed by atoms with Crippen LogP contribution in [0.25, 0.3) is 0 Å². The van der Waals surface area contributed by atoms with Crippen molar-refractivity contribution in [1.29, 1.82) is 0 Å². The molecule has 0 amide bonds. The monoisotopic (exact) mass is 270 g/mol. The number of aliphatic hydroxyl groups is 1. The minimum absolute atomic E-state index is 0.204. The molecule has 1 aromatic carbocycles. The fraction of sp³-hybridized carbons (Fsp3) is 0.600. The van der Waals surface area contributed by atoms with Crippen LogP contribution in [0.2, 0.25) is 5.02 Å². The van der Waals surface area contributed by atoms with E-state index in [9.17, 15) is 5.11 Å². The van der Waals surface area contributed by atoms with Crippen LogP contribution in [0.5, 0.6) is 5.75 Å². The van der Waals surface area contributed by atoms with E-state index < -0.39 is 6.10 Å². The lowest BCUT2D eigenvalue weighted by Crippen LogP contribution is -2.28. The Morgan fingerprint density at radius 2 is 2.06 bits per heavy atom. The van der Waals surface area contributed by atoms with Crippen LogP contribution >= 0.6 is 11.6 Å². The average Bonchev–Trinajstić information content (AvgIpc) is 2.34. The maximum Gasteiger partial charge on any atom is 0.122 e. The van der Waals surface area contributed by atoms with Crippen LogP contribution in [0.3, 0.4) is 0 Å². The second-order valence-corrected chi connectivity index (χ2v) is 5.13. The first-order chi connectivity index (χ1) is 8.63. The van der Waals surface area contributed by atoms with Gasteiger partial charge in [-0.25, -0.2) is 0 Å². The Kier molecular flexibility index (Phi) is 7.14. The molecule has 102 valence electrons. The van der Waals surface area contributed by atoms with E-state index in [-0.39, 0.29) is 6.10 Å². The Bertz CT molecular complexity index is 341. The molecule has 0 radical (unpaired) electrons. The Labute approximate surface area is 115 Å². The highest BCUT2D eigenvalue weighted by Crippen LogP contribution is 2.20. The van der Waals surface area contributed by atoms with Gasteiger partial charge in [-0.2, -0.15) is 0 Å². The Hall–Kier alpha value is -0.730. The molecule has 3 heteroatoms. The molecule has 2 atom stereocenters. The maximum atomic E-state index is 9.99. The zero-order valence-electron chi connectivity index (χ0n) is 11.2. The highest BCUT2D eigenvalue weighted by Gasteiger charge is 2.15. The van der Waals surface area contributed by atoms with Gasteiger partial charge in [0.05, 0.1) is 6.10 Å². The molecule has 0 fully saturated rings. The molecule has 0 aliphatic rings. The molecular weight excluding hydrogens is 248 g/mol. The first-order valence-corrected chi connectivity index (χ1v) is 7.11. The van der Waals surface area contributed by atoms with Crippen molar-refractivity contribution in [3.63, 3.8) is 0 Å². The molecule has 0 aliphatic carbocycles. The Balaban J connectivity index is 2.33. The predicted octanol–water partition coefficient (Wildman–Crippen LogP) is 4.44. The van der Waals surface area contributed by atoms with Crippen LogP contribution in [-0.2, 0) is 0 Å². The van der Waals surface area contributed by atoms with Gasteiger partial charge in [-0.1, -0.05) is 50.3 Å². The molecule has 0 aromatic heterocycles. The van der Waals surface area contributed by atoms with Crippen molar-refractivity contribution in [3.05, 3.63) is 29.3 Å². The summed E-state index contributed by atoms with van der Waals surface area (Å²) in [5.74, 6) is 0.711. The van der Waals surface area contributed by atoms with Gasteiger partial charge in [0.15, 0.2) is 0 Å². The summed E-state index contributed by atoms with van der Waals surface area (Å²) in [4.78, 5) is 0. The standard InChI is InChI=1S/C15H23ClO2/c1-3-4-5-6-10-15(17)12(2)18-14-9-7-8-13(16)11-14/h7-9,11-12,15,17H,3-6,10H2,1-2H3. The van der Waals surface area contributed by atoms with Gasteiger partial charge in [-0.05, 0) is 31.5 Å². The van der Waals surface area contributed by atoms with E-state index >= 15 is 0 Å². The first kappa shape index (κ1) is 15.3. The van der Waals surface area contributed by atoms with Gasteiger partial charge in [0.2, 0.25) is 0 Å². The van der Waals surface area contributed by atoms with Crippen molar-refractivity contribution >= 4 is 11.6 Å². The van der Waals surface area contributed by atoms with Crippen LogP contribution < -0.4 is 4.74 Å². The molecule has 0 saturated heterocycles. The normalized spacial score (nSPS) is 14.2. The molecular formula is C15H23ClO2. The number of aliphatic hydroxyl groups excluding tert-OH is 1. The summed E-state index contributed by atoms with van der Waals surface area (Å²) >= 11 is 5.88. The van der Waals surface area contributed by atoms with Gasteiger partial charge in [0.1, 0.15) is 11.9 Å². The van der Waals surface area contributed by atoms with Crippen LogP contribution in [0, 0.1) is 0 Å². The topological polar surface area (TPSA) is 29.5 Å². The number of halogens is 1. The van der Waals surface area contributed by atoms with Gasteiger partial charge < -0.3 is 9.84 Å². The molecule has 1 rings (SSSR count). The maximum absolute atomic E-state index is 9.99. The fourth-order valence-corrected chi connectivity index (χ4v) is 2.03. The lowest BCUT2D eigenvalue weighted by atomic mass is 10.1. The summed E-state index contributed by atoms with van der Waals surface area (Å²) in [6.45, 7) is 4.08. The number of hydrogen-bond acceptors (Lipinski definition) is 2. The largest absolute Gasteiger partial charge is 0.488 e. The van der Waals surface area contributed by atoms with E-state index in [1.807, 2.05) is 19.1 Å². The molecule has 0 bridgehead atoms. The zero-order chi connectivity index (χ0) is 13.4. The van der Waals surface area contributed by atoms with Gasteiger partial charge >= 0.3 is 0 Å².